The van der Waals surface area contributed by atoms with Crippen molar-refractivity contribution in [3.8, 4) is 0 Å². The molecule has 1 atom stereocenters. The Hall–Kier alpha value is -2.32. The number of hydrogen-bond acceptors (Lipinski definition) is 5. The van der Waals surface area contributed by atoms with E-state index in [2.05, 4.69) is 24.9 Å². The number of benzene rings is 1. The monoisotopic (exact) mass is 303 g/mol. The number of aromatic nitrogens is 4. The highest BCUT2D eigenvalue weighted by Gasteiger charge is 2.21. The van der Waals surface area contributed by atoms with Crippen LogP contribution in [0.3, 0.4) is 0 Å². The lowest BCUT2D eigenvalue weighted by molar-refractivity contribution is 0.561. The Kier molecular flexibility index (Phi) is 3.40. The molecule has 0 aliphatic heterocycles. The van der Waals surface area contributed by atoms with Crippen molar-refractivity contribution in [2.75, 3.05) is 0 Å². The molecule has 1 unspecified atom stereocenters. The first-order valence-corrected chi connectivity index (χ1v) is 7.76. The highest BCUT2D eigenvalue weighted by molar-refractivity contribution is 7.89. The number of nitrogens with zero attached hydrogens (tertiary/aromatic N) is 3. The molecule has 0 bridgehead atoms. The summed E-state index contributed by atoms with van der Waals surface area (Å²) in [5.74, 6) is 0.459. The maximum absolute atomic E-state index is 12.6. The SMILES string of the molecule is CC(NS(=O)(=O)c1cccc2cnccc12)c1ncn[nH]1. The molecular formula is C13H13N5O2S. The lowest BCUT2D eigenvalue weighted by Gasteiger charge is -2.13. The Balaban J connectivity index is 2.01. The first-order chi connectivity index (χ1) is 10.1. The van der Waals surface area contributed by atoms with Crippen LogP contribution in [0.1, 0.15) is 18.8 Å². The summed E-state index contributed by atoms with van der Waals surface area (Å²) in [5, 5.41) is 7.77. The van der Waals surface area contributed by atoms with Crippen molar-refractivity contribution in [1.82, 2.24) is 24.9 Å². The molecule has 21 heavy (non-hydrogen) atoms. The molecule has 0 fully saturated rings. The van der Waals surface area contributed by atoms with E-state index in [1.54, 1.807) is 37.5 Å². The topological polar surface area (TPSA) is 101 Å². The molecule has 2 aromatic heterocycles. The molecule has 0 saturated heterocycles. The molecule has 0 aliphatic rings. The summed E-state index contributed by atoms with van der Waals surface area (Å²) in [4.78, 5) is 8.17. The van der Waals surface area contributed by atoms with Gasteiger partial charge in [0, 0.05) is 23.2 Å². The minimum atomic E-state index is -3.68. The molecule has 2 N–H and O–H groups in total. The zero-order valence-corrected chi connectivity index (χ0v) is 12.0. The van der Waals surface area contributed by atoms with Crippen molar-refractivity contribution in [1.29, 1.82) is 0 Å². The van der Waals surface area contributed by atoms with Crippen LogP contribution in [0, 0.1) is 0 Å². The second-order valence-electron chi connectivity index (χ2n) is 4.57. The maximum Gasteiger partial charge on any atom is 0.241 e. The molecule has 0 radical (unpaired) electrons. The van der Waals surface area contributed by atoms with Gasteiger partial charge in [0.15, 0.2) is 0 Å². The first kappa shape index (κ1) is 13.7. The maximum atomic E-state index is 12.6. The van der Waals surface area contributed by atoms with Crippen LogP contribution in [-0.4, -0.2) is 28.6 Å². The van der Waals surface area contributed by atoms with E-state index in [4.69, 9.17) is 0 Å². The van der Waals surface area contributed by atoms with Gasteiger partial charge in [-0.1, -0.05) is 12.1 Å². The molecule has 2 heterocycles. The normalized spacial score (nSPS) is 13.4. The Morgan fingerprint density at radius 1 is 1.29 bits per heavy atom. The van der Waals surface area contributed by atoms with Crippen molar-refractivity contribution in [3.63, 3.8) is 0 Å². The fourth-order valence-electron chi connectivity index (χ4n) is 2.10. The van der Waals surface area contributed by atoms with E-state index < -0.39 is 16.1 Å². The van der Waals surface area contributed by atoms with E-state index >= 15 is 0 Å². The zero-order chi connectivity index (χ0) is 14.9. The minimum absolute atomic E-state index is 0.216. The van der Waals surface area contributed by atoms with Crippen molar-refractivity contribution < 1.29 is 8.42 Å². The van der Waals surface area contributed by atoms with Gasteiger partial charge in [0.25, 0.3) is 0 Å². The molecule has 7 nitrogen and oxygen atoms in total. The predicted octanol–water partition coefficient (Wildman–Crippen LogP) is 1.39. The number of fused-ring (bicyclic) bond motifs is 1. The van der Waals surface area contributed by atoms with E-state index in [1.807, 2.05) is 6.07 Å². The molecule has 108 valence electrons. The highest BCUT2D eigenvalue weighted by atomic mass is 32.2. The molecule has 3 rings (SSSR count). The average Bonchev–Trinajstić information content (AvgIpc) is 3.00. The van der Waals surface area contributed by atoms with Gasteiger partial charge in [-0.05, 0) is 19.1 Å². The standard InChI is InChI=1S/C13H13N5O2S/c1-9(13-15-8-16-17-13)18-21(19,20)12-4-2-3-10-7-14-6-5-11(10)12/h2-9,18H,1H3,(H,15,16,17). The Morgan fingerprint density at radius 2 is 2.14 bits per heavy atom. The average molecular weight is 303 g/mol. The number of pyridine rings is 1. The van der Waals surface area contributed by atoms with E-state index in [0.29, 0.717) is 11.2 Å². The first-order valence-electron chi connectivity index (χ1n) is 6.28. The number of nitrogens with one attached hydrogen (secondary N) is 2. The number of sulfonamides is 1. The van der Waals surface area contributed by atoms with Crippen LogP contribution < -0.4 is 4.72 Å². The van der Waals surface area contributed by atoms with E-state index in [1.165, 1.54) is 6.33 Å². The van der Waals surface area contributed by atoms with Crippen molar-refractivity contribution in [2.45, 2.75) is 17.9 Å². The number of hydrogen-bond donors (Lipinski definition) is 2. The molecule has 0 spiro atoms. The summed E-state index contributed by atoms with van der Waals surface area (Å²) in [7, 11) is -3.68. The Labute approximate surface area is 121 Å². The molecule has 0 aliphatic carbocycles. The van der Waals surface area contributed by atoms with Crippen LogP contribution in [-0.2, 0) is 10.0 Å². The van der Waals surface area contributed by atoms with Crippen LogP contribution in [0.4, 0.5) is 0 Å². The summed E-state index contributed by atoms with van der Waals surface area (Å²) in [6.45, 7) is 1.70. The van der Waals surface area contributed by atoms with Crippen LogP contribution in [0.15, 0.2) is 47.9 Å². The van der Waals surface area contributed by atoms with Gasteiger partial charge in [-0.25, -0.2) is 18.1 Å². The smallest absolute Gasteiger partial charge is 0.241 e. The minimum Gasteiger partial charge on any atom is -0.264 e. The van der Waals surface area contributed by atoms with Crippen LogP contribution in [0.2, 0.25) is 0 Å². The van der Waals surface area contributed by atoms with Crippen LogP contribution in [0.5, 0.6) is 0 Å². The summed E-state index contributed by atoms with van der Waals surface area (Å²) in [6.07, 6.45) is 4.54. The Bertz CT molecular complexity index is 856. The lowest BCUT2D eigenvalue weighted by atomic mass is 10.2. The number of aromatic amines is 1. The molecule has 1 aromatic carbocycles. The Morgan fingerprint density at radius 3 is 2.90 bits per heavy atom. The predicted molar refractivity (Wildman–Crippen MR) is 76.9 cm³/mol. The van der Waals surface area contributed by atoms with Crippen LogP contribution >= 0.6 is 0 Å². The van der Waals surface area contributed by atoms with Gasteiger partial charge in [-0.15, -0.1) is 0 Å². The van der Waals surface area contributed by atoms with Gasteiger partial charge in [-0.3, -0.25) is 10.1 Å². The van der Waals surface area contributed by atoms with Crippen molar-refractivity contribution in [3.05, 3.63) is 48.8 Å². The van der Waals surface area contributed by atoms with Gasteiger partial charge in [0.2, 0.25) is 10.0 Å². The van der Waals surface area contributed by atoms with Gasteiger partial charge < -0.3 is 0 Å². The second kappa shape index (κ2) is 5.23. The lowest BCUT2D eigenvalue weighted by Crippen LogP contribution is -2.27. The third-order valence-electron chi connectivity index (χ3n) is 3.11. The molecule has 3 aromatic rings. The van der Waals surface area contributed by atoms with E-state index in [-0.39, 0.29) is 4.90 Å². The molecule has 8 heteroatoms. The van der Waals surface area contributed by atoms with E-state index in [9.17, 15) is 8.42 Å². The summed E-state index contributed by atoms with van der Waals surface area (Å²) in [6, 6.07) is 6.26. The third-order valence-corrected chi connectivity index (χ3v) is 4.70. The summed E-state index contributed by atoms with van der Waals surface area (Å²) >= 11 is 0. The van der Waals surface area contributed by atoms with Crippen molar-refractivity contribution >= 4 is 20.8 Å². The highest BCUT2D eigenvalue weighted by Crippen LogP contribution is 2.23. The van der Waals surface area contributed by atoms with E-state index in [0.717, 1.165) is 5.39 Å². The largest absolute Gasteiger partial charge is 0.264 e. The molecule has 0 saturated carbocycles. The van der Waals surface area contributed by atoms with Crippen molar-refractivity contribution in [2.24, 2.45) is 0 Å². The van der Waals surface area contributed by atoms with Gasteiger partial charge in [0.1, 0.15) is 12.2 Å². The molecule has 0 amide bonds. The van der Waals surface area contributed by atoms with Crippen LogP contribution in [0.25, 0.3) is 10.8 Å². The quantitative estimate of drug-likeness (QED) is 0.758. The van der Waals surface area contributed by atoms with Gasteiger partial charge >= 0.3 is 0 Å². The third kappa shape index (κ3) is 2.63. The number of H-pyrrole nitrogens is 1. The van der Waals surface area contributed by atoms with Gasteiger partial charge in [-0.2, -0.15) is 5.10 Å². The number of rotatable bonds is 4. The zero-order valence-electron chi connectivity index (χ0n) is 11.2. The second-order valence-corrected chi connectivity index (χ2v) is 6.25. The van der Waals surface area contributed by atoms with Gasteiger partial charge in [0.05, 0.1) is 10.9 Å². The fourth-order valence-corrected chi connectivity index (χ4v) is 3.54. The summed E-state index contributed by atoms with van der Waals surface area (Å²) in [5.41, 5.74) is 0. The fraction of sp³-hybridized carbons (Fsp3) is 0.154. The molecular weight excluding hydrogens is 290 g/mol. The summed E-state index contributed by atoms with van der Waals surface area (Å²) < 4.78 is 27.7.